The average Bonchev–Trinajstić information content (AvgIpc) is 3.01. The Hall–Kier alpha value is -0.570. The van der Waals surface area contributed by atoms with Gasteiger partial charge in [0.15, 0.2) is 0 Å². The summed E-state index contributed by atoms with van der Waals surface area (Å²) in [6.45, 7) is 3.80. The molecule has 0 radical (unpaired) electrons. The molecule has 3 heteroatoms. The minimum absolute atomic E-state index is 0.307. The van der Waals surface area contributed by atoms with Gasteiger partial charge in [0, 0.05) is 25.0 Å². The molecule has 3 nitrogen and oxygen atoms in total. The largest absolute Gasteiger partial charge is 0.338 e. The average molecular weight is 236 g/mol. The first kappa shape index (κ1) is 11.5. The van der Waals surface area contributed by atoms with Gasteiger partial charge in [-0.2, -0.15) is 0 Å². The van der Waals surface area contributed by atoms with Crippen LogP contribution >= 0.6 is 0 Å². The van der Waals surface area contributed by atoms with Crippen LogP contribution in [-0.4, -0.2) is 29.9 Å². The third-order valence-electron chi connectivity index (χ3n) is 5.46. The van der Waals surface area contributed by atoms with Gasteiger partial charge in [0.1, 0.15) is 0 Å². The number of carbonyl (C=O) groups is 1. The second kappa shape index (κ2) is 4.27. The lowest BCUT2D eigenvalue weighted by Gasteiger charge is -2.31. The van der Waals surface area contributed by atoms with Crippen LogP contribution in [0.25, 0.3) is 0 Å². The Bertz CT molecular complexity index is 317. The summed E-state index contributed by atoms with van der Waals surface area (Å²) < 4.78 is 0. The molecule has 0 aromatic carbocycles. The molecule has 3 rings (SSSR count). The van der Waals surface area contributed by atoms with Gasteiger partial charge in [-0.1, -0.05) is 13.3 Å². The summed E-state index contributed by atoms with van der Waals surface area (Å²) in [5.74, 6) is 2.90. The second-order valence-corrected chi connectivity index (χ2v) is 6.38. The van der Waals surface area contributed by atoms with Gasteiger partial charge < -0.3 is 10.6 Å². The van der Waals surface area contributed by atoms with E-state index < -0.39 is 0 Å². The molecule has 0 aromatic heterocycles. The van der Waals surface area contributed by atoms with Crippen molar-refractivity contribution < 1.29 is 4.79 Å². The van der Waals surface area contributed by atoms with E-state index in [1.165, 1.54) is 19.3 Å². The molecule has 2 aliphatic carbocycles. The number of nitrogens with two attached hydrogens (primary N) is 1. The number of nitrogens with zero attached hydrogens (tertiary/aromatic N) is 1. The number of rotatable bonds is 2. The predicted octanol–water partition coefficient (Wildman–Crippen LogP) is 1.62. The molecule has 5 unspecified atom stereocenters. The Morgan fingerprint density at radius 3 is 2.71 bits per heavy atom. The van der Waals surface area contributed by atoms with Gasteiger partial charge in [-0.05, 0) is 43.4 Å². The van der Waals surface area contributed by atoms with Crippen molar-refractivity contribution in [2.45, 2.75) is 45.1 Å². The molecule has 2 bridgehead atoms. The normalized spacial score (nSPS) is 44.6. The fraction of sp³-hybridized carbons (Fsp3) is 0.929. The highest BCUT2D eigenvalue weighted by Crippen LogP contribution is 2.49. The van der Waals surface area contributed by atoms with Gasteiger partial charge in [0.2, 0.25) is 5.91 Å². The SMILES string of the molecule is CC1CCN(C(=O)C2CC3CCC2C3)C1CN. The molecule has 17 heavy (non-hydrogen) atoms. The molecular weight excluding hydrogens is 212 g/mol. The Balaban J connectivity index is 1.70. The van der Waals surface area contributed by atoms with Crippen LogP contribution in [0.3, 0.4) is 0 Å². The Morgan fingerprint density at radius 1 is 1.29 bits per heavy atom. The van der Waals surface area contributed by atoms with Crippen LogP contribution in [-0.2, 0) is 4.79 Å². The minimum Gasteiger partial charge on any atom is -0.338 e. The van der Waals surface area contributed by atoms with Gasteiger partial charge in [0.25, 0.3) is 0 Å². The fourth-order valence-electron chi connectivity index (χ4n) is 4.40. The van der Waals surface area contributed by atoms with E-state index in [2.05, 4.69) is 11.8 Å². The predicted molar refractivity (Wildman–Crippen MR) is 67.3 cm³/mol. The van der Waals surface area contributed by atoms with Crippen LogP contribution in [0.5, 0.6) is 0 Å². The van der Waals surface area contributed by atoms with E-state index in [-0.39, 0.29) is 0 Å². The molecule has 3 aliphatic rings. The lowest BCUT2D eigenvalue weighted by Crippen LogP contribution is -2.45. The van der Waals surface area contributed by atoms with Gasteiger partial charge in [-0.25, -0.2) is 0 Å². The van der Waals surface area contributed by atoms with E-state index in [9.17, 15) is 4.79 Å². The lowest BCUT2D eigenvalue weighted by atomic mass is 9.87. The number of amides is 1. The van der Waals surface area contributed by atoms with E-state index >= 15 is 0 Å². The summed E-state index contributed by atoms with van der Waals surface area (Å²) in [5, 5.41) is 0. The zero-order valence-corrected chi connectivity index (χ0v) is 10.8. The highest BCUT2D eigenvalue weighted by atomic mass is 16.2. The van der Waals surface area contributed by atoms with Crippen LogP contribution in [0, 0.1) is 23.7 Å². The second-order valence-electron chi connectivity index (χ2n) is 6.38. The van der Waals surface area contributed by atoms with Gasteiger partial charge in [-0.3, -0.25) is 4.79 Å². The zero-order chi connectivity index (χ0) is 12.0. The Morgan fingerprint density at radius 2 is 2.12 bits per heavy atom. The topological polar surface area (TPSA) is 46.3 Å². The van der Waals surface area contributed by atoms with Crippen molar-refractivity contribution in [3.05, 3.63) is 0 Å². The number of fused-ring (bicyclic) bond motifs is 2. The summed E-state index contributed by atoms with van der Waals surface area (Å²) in [6.07, 6.45) is 6.26. The summed E-state index contributed by atoms with van der Waals surface area (Å²) in [6, 6.07) is 0.307. The van der Waals surface area contributed by atoms with Gasteiger partial charge in [-0.15, -0.1) is 0 Å². The first-order chi connectivity index (χ1) is 8.20. The quantitative estimate of drug-likeness (QED) is 0.792. The third kappa shape index (κ3) is 1.79. The van der Waals surface area contributed by atoms with Crippen LogP contribution in [0.2, 0.25) is 0 Å². The first-order valence-electron chi connectivity index (χ1n) is 7.21. The molecule has 0 spiro atoms. The Labute approximate surface area is 104 Å². The highest BCUT2D eigenvalue weighted by molar-refractivity contribution is 5.80. The minimum atomic E-state index is 0.307. The highest BCUT2D eigenvalue weighted by Gasteiger charge is 2.46. The molecular formula is C14H24N2O. The van der Waals surface area contributed by atoms with E-state index in [1.54, 1.807) is 0 Å². The maximum Gasteiger partial charge on any atom is 0.226 e. The van der Waals surface area contributed by atoms with Crippen LogP contribution in [0.1, 0.15) is 39.0 Å². The molecule has 0 aromatic rings. The standard InChI is InChI=1S/C14H24N2O/c1-9-4-5-16(13(9)8-15)14(17)12-7-10-2-3-11(12)6-10/h9-13H,2-8,15H2,1H3. The van der Waals surface area contributed by atoms with Crippen LogP contribution < -0.4 is 5.73 Å². The van der Waals surface area contributed by atoms with Crippen LogP contribution in [0.4, 0.5) is 0 Å². The molecule has 1 aliphatic heterocycles. The molecule has 96 valence electrons. The monoisotopic (exact) mass is 236 g/mol. The summed E-state index contributed by atoms with van der Waals surface area (Å²) >= 11 is 0. The van der Waals surface area contributed by atoms with Crippen molar-refractivity contribution in [3.8, 4) is 0 Å². The Kier molecular flexibility index (Phi) is 2.89. The van der Waals surface area contributed by atoms with E-state index in [4.69, 9.17) is 5.73 Å². The van der Waals surface area contributed by atoms with Crippen molar-refractivity contribution in [1.82, 2.24) is 4.90 Å². The molecule has 1 saturated heterocycles. The smallest absolute Gasteiger partial charge is 0.226 e. The third-order valence-corrected chi connectivity index (χ3v) is 5.46. The molecule has 2 N–H and O–H groups in total. The van der Waals surface area contributed by atoms with Crippen molar-refractivity contribution >= 4 is 5.91 Å². The van der Waals surface area contributed by atoms with Crippen molar-refractivity contribution in [2.24, 2.45) is 29.4 Å². The van der Waals surface area contributed by atoms with Gasteiger partial charge in [0.05, 0.1) is 0 Å². The first-order valence-corrected chi connectivity index (χ1v) is 7.21. The number of hydrogen-bond acceptors (Lipinski definition) is 2. The molecule has 2 saturated carbocycles. The summed E-state index contributed by atoms with van der Waals surface area (Å²) in [7, 11) is 0. The van der Waals surface area contributed by atoms with Crippen molar-refractivity contribution in [1.29, 1.82) is 0 Å². The lowest BCUT2D eigenvalue weighted by molar-refractivity contribution is -0.138. The molecule has 1 heterocycles. The molecule has 1 amide bonds. The van der Waals surface area contributed by atoms with E-state index in [1.807, 2.05) is 0 Å². The maximum absolute atomic E-state index is 12.6. The maximum atomic E-state index is 12.6. The number of carbonyl (C=O) groups excluding carboxylic acids is 1. The van der Waals surface area contributed by atoms with Gasteiger partial charge >= 0.3 is 0 Å². The summed E-state index contributed by atoms with van der Waals surface area (Å²) in [5.41, 5.74) is 5.83. The van der Waals surface area contributed by atoms with Crippen LogP contribution in [0.15, 0.2) is 0 Å². The fourth-order valence-corrected chi connectivity index (χ4v) is 4.40. The zero-order valence-electron chi connectivity index (χ0n) is 10.8. The molecule has 3 fully saturated rings. The number of hydrogen-bond donors (Lipinski definition) is 1. The van der Waals surface area contributed by atoms with Crippen molar-refractivity contribution in [2.75, 3.05) is 13.1 Å². The van der Waals surface area contributed by atoms with Crippen molar-refractivity contribution in [3.63, 3.8) is 0 Å². The molecule has 5 atom stereocenters. The number of likely N-dealkylation sites (tertiary alicyclic amines) is 1. The summed E-state index contributed by atoms with van der Waals surface area (Å²) in [4.78, 5) is 14.7. The van der Waals surface area contributed by atoms with E-state index in [0.717, 1.165) is 25.3 Å². The van der Waals surface area contributed by atoms with E-state index in [0.29, 0.717) is 36.2 Å².